The first-order chi connectivity index (χ1) is 18.2. The third kappa shape index (κ3) is 3.27. The minimum absolute atomic E-state index is 0.00390. The van der Waals surface area contributed by atoms with Crippen LogP contribution in [0.25, 0.3) is 0 Å². The van der Waals surface area contributed by atoms with E-state index in [9.17, 15) is 14.7 Å². The summed E-state index contributed by atoms with van der Waals surface area (Å²) in [6.07, 6.45) is 11.6. The van der Waals surface area contributed by atoms with Crippen LogP contribution in [-0.2, 0) is 26.2 Å². The SMILES string of the molecule is COC(=O)[C@]12CCC(C)(C)C[C@H]1[C@H]1C(=O)C=C3[C@@]4(C)Cc5cnoc5[C@@](C)(CCO)[C@@H]4CC[C@@]3(C)[C@]1(C)CC2. The van der Waals surface area contributed by atoms with Crippen molar-refractivity contribution in [3.8, 4) is 0 Å². The third-order valence-electron chi connectivity index (χ3n) is 13.4. The van der Waals surface area contributed by atoms with Gasteiger partial charge in [-0.15, -0.1) is 0 Å². The van der Waals surface area contributed by atoms with Crippen molar-refractivity contribution in [3.63, 3.8) is 0 Å². The molecule has 6 rings (SSSR count). The van der Waals surface area contributed by atoms with E-state index >= 15 is 0 Å². The van der Waals surface area contributed by atoms with Crippen LogP contribution in [0, 0.1) is 44.8 Å². The van der Waals surface area contributed by atoms with Crippen LogP contribution < -0.4 is 0 Å². The molecule has 1 aromatic heterocycles. The van der Waals surface area contributed by atoms with E-state index in [1.165, 1.54) is 12.7 Å². The molecule has 0 amide bonds. The zero-order valence-corrected chi connectivity index (χ0v) is 25.0. The van der Waals surface area contributed by atoms with Crippen LogP contribution in [0.2, 0.25) is 0 Å². The Bertz CT molecular complexity index is 1250. The second-order valence-corrected chi connectivity index (χ2v) is 15.6. The summed E-state index contributed by atoms with van der Waals surface area (Å²) in [6, 6.07) is 0. The molecule has 0 saturated heterocycles. The fourth-order valence-corrected chi connectivity index (χ4v) is 11.2. The number of methoxy groups -OCH3 is 1. The molecule has 0 aromatic carbocycles. The summed E-state index contributed by atoms with van der Waals surface area (Å²) in [5.74, 6) is 1.08. The van der Waals surface area contributed by atoms with Gasteiger partial charge in [-0.25, -0.2) is 0 Å². The topological polar surface area (TPSA) is 89.6 Å². The number of nitrogens with zero attached hydrogens (tertiary/aromatic N) is 1. The number of allylic oxidation sites excluding steroid dienone is 2. The third-order valence-corrected chi connectivity index (χ3v) is 13.4. The van der Waals surface area contributed by atoms with Crippen molar-refractivity contribution in [1.29, 1.82) is 0 Å². The highest BCUT2D eigenvalue weighted by molar-refractivity contribution is 5.96. The van der Waals surface area contributed by atoms with E-state index in [0.29, 0.717) is 6.42 Å². The molecule has 5 aliphatic rings. The number of ether oxygens (including phenoxy) is 1. The van der Waals surface area contributed by atoms with E-state index in [2.05, 4.69) is 46.7 Å². The average Bonchev–Trinajstić information content (AvgIpc) is 3.34. The molecule has 8 atom stereocenters. The largest absolute Gasteiger partial charge is 0.469 e. The van der Waals surface area contributed by atoms with E-state index in [4.69, 9.17) is 9.26 Å². The normalized spacial score (nSPS) is 46.1. The Morgan fingerprint density at radius 3 is 2.51 bits per heavy atom. The fourth-order valence-electron chi connectivity index (χ4n) is 11.2. The first-order valence-electron chi connectivity index (χ1n) is 15.1. The number of esters is 1. The van der Waals surface area contributed by atoms with Gasteiger partial charge in [-0.05, 0) is 97.4 Å². The maximum atomic E-state index is 14.5. The van der Waals surface area contributed by atoms with Crippen LogP contribution in [-0.4, -0.2) is 35.7 Å². The van der Waals surface area contributed by atoms with E-state index in [-0.39, 0.29) is 63.2 Å². The Morgan fingerprint density at radius 1 is 1.10 bits per heavy atom. The van der Waals surface area contributed by atoms with Gasteiger partial charge in [0.25, 0.3) is 0 Å². The van der Waals surface area contributed by atoms with Gasteiger partial charge in [-0.1, -0.05) is 52.3 Å². The van der Waals surface area contributed by atoms with Gasteiger partial charge >= 0.3 is 5.97 Å². The van der Waals surface area contributed by atoms with Crippen molar-refractivity contribution in [1.82, 2.24) is 5.16 Å². The van der Waals surface area contributed by atoms with Crippen LogP contribution in [0.4, 0.5) is 0 Å². The summed E-state index contributed by atoms with van der Waals surface area (Å²) in [6.45, 7) is 14.1. The number of fused-ring (bicyclic) bond motifs is 8. The quantitative estimate of drug-likeness (QED) is 0.462. The number of hydrogen-bond donors (Lipinski definition) is 1. The Hall–Kier alpha value is -1.95. The number of aromatic nitrogens is 1. The number of hydrogen-bond acceptors (Lipinski definition) is 6. The zero-order valence-electron chi connectivity index (χ0n) is 25.0. The van der Waals surface area contributed by atoms with E-state index < -0.39 is 5.41 Å². The Kier molecular flexibility index (Phi) is 5.79. The fraction of sp³-hybridized carbons (Fsp3) is 0.788. The molecule has 0 bridgehead atoms. The van der Waals surface area contributed by atoms with Gasteiger partial charge in [0.1, 0.15) is 5.76 Å². The van der Waals surface area contributed by atoms with Gasteiger partial charge in [-0.3, -0.25) is 9.59 Å². The lowest BCUT2D eigenvalue weighted by atomic mass is 9.34. The maximum absolute atomic E-state index is 14.5. The highest BCUT2D eigenvalue weighted by atomic mass is 16.5. The average molecular weight is 538 g/mol. The van der Waals surface area contributed by atoms with Gasteiger partial charge in [0.05, 0.1) is 18.7 Å². The highest BCUT2D eigenvalue weighted by Gasteiger charge is 2.71. The molecule has 6 nitrogen and oxygen atoms in total. The molecule has 214 valence electrons. The Balaban J connectivity index is 1.50. The van der Waals surface area contributed by atoms with E-state index in [0.717, 1.165) is 62.7 Å². The minimum atomic E-state index is -0.561. The van der Waals surface area contributed by atoms with Crippen molar-refractivity contribution in [3.05, 3.63) is 29.2 Å². The van der Waals surface area contributed by atoms with E-state index in [1.54, 1.807) is 0 Å². The molecular formula is C33H47NO5. The highest BCUT2D eigenvalue weighted by Crippen LogP contribution is 2.75. The van der Waals surface area contributed by atoms with Crippen LogP contribution in [0.15, 0.2) is 22.4 Å². The van der Waals surface area contributed by atoms with Crippen molar-refractivity contribution in [2.75, 3.05) is 13.7 Å². The molecular weight excluding hydrogens is 490 g/mol. The molecule has 0 aliphatic heterocycles. The van der Waals surface area contributed by atoms with Crippen molar-refractivity contribution in [2.24, 2.45) is 44.8 Å². The maximum Gasteiger partial charge on any atom is 0.312 e. The molecule has 1 N–H and O–H groups in total. The zero-order chi connectivity index (χ0) is 28.2. The lowest BCUT2D eigenvalue weighted by Gasteiger charge is -2.69. The summed E-state index contributed by atoms with van der Waals surface area (Å²) in [7, 11) is 1.51. The van der Waals surface area contributed by atoms with Gasteiger partial charge in [0.15, 0.2) is 5.78 Å². The Labute approximate surface area is 233 Å². The number of carbonyl (C=O) groups excluding carboxylic acids is 2. The molecule has 0 spiro atoms. The summed E-state index contributed by atoms with van der Waals surface area (Å²) in [5, 5.41) is 14.3. The van der Waals surface area contributed by atoms with Crippen molar-refractivity contribution < 1.29 is 24.0 Å². The van der Waals surface area contributed by atoms with Crippen LogP contribution >= 0.6 is 0 Å². The summed E-state index contributed by atoms with van der Waals surface area (Å²) >= 11 is 0. The molecule has 1 aromatic rings. The molecule has 0 unspecified atom stereocenters. The monoisotopic (exact) mass is 537 g/mol. The number of aliphatic hydroxyl groups is 1. The molecule has 39 heavy (non-hydrogen) atoms. The number of ketones is 1. The number of rotatable bonds is 3. The lowest BCUT2D eigenvalue weighted by Crippen LogP contribution is -2.66. The molecule has 5 aliphatic carbocycles. The second kappa shape index (κ2) is 8.30. The lowest BCUT2D eigenvalue weighted by molar-refractivity contribution is -0.191. The minimum Gasteiger partial charge on any atom is -0.469 e. The standard InChI is InChI=1S/C33H47NO5/c1-28(2)10-12-33(27(37)38-7)13-11-32(6)25(21(33)18-28)22(36)16-24-30(4)17-20-19-34-39-26(20)29(3,14-15-35)23(30)8-9-31(24,32)5/h16,19,21,23,25,35H,8-15,17-18H2,1-7H3/t21-,23-,25-,29-,30-,31+,32+,33-/m0/s1. The number of carbonyl (C=O) groups is 2. The van der Waals surface area contributed by atoms with Gasteiger partial charge in [0, 0.05) is 23.5 Å². The van der Waals surface area contributed by atoms with Crippen LogP contribution in [0.5, 0.6) is 0 Å². The summed E-state index contributed by atoms with van der Waals surface area (Å²) < 4.78 is 11.3. The van der Waals surface area contributed by atoms with Gasteiger partial charge in [0.2, 0.25) is 0 Å². The predicted octanol–water partition coefficient (Wildman–Crippen LogP) is 6.20. The summed E-state index contributed by atoms with van der Waals surface area (Å²) in [5.41, 5.74) is 0.960. The number of aliphatic hydroxyl groups excluding tert-OH is 1. The second-order valence-electron chi connectivity index (χ2n) is 15.6. The molecule has 1 heterocycles. The molecule has 3 fully saturated rings. The van der Waals surface area contributed by atoms with E-state index in [1.807, 2.05) is 12.3 Å². The summed E-state index contributed by atoms with van der Waals surface area (Å²) in [4.78, 5) is 28.0. The van der Waals surface area contributed by atoms with Crippen molar-refractivity contribution >= 4 is 11.8 Å². The van der Waals surface area contributed by atoms with Gasteiger partial charge in [-0.2, -0.15) is 0 Å². The smallest absolute Gasteiger partial charge is 0.312 e. The first-order valence-corrected chi connectivity index (χ1v) is 15.1. The first kappa shape index (κ1) is 27.2. The molecule has 0 radical (unpaired) electrons. The predicted molar refractivity (Wildman–Crippen MR) is 148 cm³/mol. The van der Waals surface area contributed by atoms with Crippen molar-refractivity contribution in [2.45, 2.75) is 105 Å². The van der Waals surface area contributed by atoms with Gasteiger partial charge < -0.3 is 14.4 Å². The van der Waals surface area contributed by atoms with Crippen LogP contribution in [0.1, 0.15) is 104 Å². The Morgan fingerprint density at radius 2 is 1.82 bits per heavy atom. The molecule has 3 saturated carbocycles. The van der Waals surface area contributed by atoms with Crippen LogP contribution in [0.3, 0.4) is 0 Å². The molecule has 6 heteroatoms.